The Morgan fingerprint density at radius 2 is 1.96 bits per heavy atom. The normalized spacial score (nSPS) is 15.1. The molecule has 1 heterocycles. The molecule has 0 fully saturated rings. The average molecular weight is 370 g/mol. The molecule has 0 unspecified atom stereocenters. The molecule has 1 aliphatic carbocycles. The number of benzene rings is 1. The van der Waals surface area contributed by atoms with Gasteiger partial charge >= 0.3 is 6.18 Å². The van der Waals surface area contributed by atoms with E-state index in [1.165, 1.54) is 18.2 Å². The van der Waals surface area contributed by atoms with Gasteiger partial charge in [0.15, 0.2) is 0 Å². The van der Waals surface area contributed by atoms with Gasteiger partial charge in [-0.2, -0.15) is 13.2 Å². The Morgan fingerprint density at radius 3 is 2.63 bits per heavy atom. The van der Waals surface area contributed by atoms with Gasteiger partial charge in [-0.1, -0.05) is 30.9 Å². The van der Waals surface area contributed by atoms with Gasteiger partial charge in [-0.15, -0.1) is 0 Å². The van der Waals surface area contributed by atoms with Crippen molar-refractivity contribution in [2.24, 2.45) is 0 Å². The molecule has 3 nitrogen and oxygen atoms in total. The summed E-state index contributed by atoms with van der Waals surface area (Å²) in [7, 11) is 0. The number of amides is 1. The van der Waals surface area contributed by atoms with Gasteiger partial charge in [0.1, 0.15) is 0 Å². The van der Waals surface area contributed by atoms with Crippen LogP contribution in [0.2, 0.25) is 0 Å². The van der Waals surface area contributed by atoms with Crippen LogP contribution >= 0.6 is 0 Å². The van der Waals surface area contributed by atoms with Crippen LogP contribution in [0.5, 0.6) is 0 Å². The number of carbonyl (C=O) groups excluding carboxylic acids is 1. The number of hydrogen-bond donors (Lipinski definition) is 1. The zero-order chi connectivity index (χ0) is 19.4. The molecule has 0 aliphatic heterocycles. The van der Waals surface area contributed by atoms with Crippen molar-refractivity contribution >= 4 is 23.1 Å². The number of nitrogens with zero attached hydrogens (tertiary/aromatic N) is 1. The predicted octanol–water partition coefficient (Wildman–Crippen LogP) is 4.73. The first kappa shape index (κ1) is 18.6. The van der Waals surface area contributed by atoms with E-state index in [4.69, 9.17) is 0 Å². The lowest BCUT2D eigenvalue weighted by molar-refractivity contribution is -0.137. The lowest BCUT2D eigenvalue weighted by atomic mass is 9.89. The summed E-state index contributed by atoms with van der Waals surface area (Å²) in [5.74, 6) is -0.257. The van der Waals surface area contributed by atoms with Crippen LogP contribution in [0, 0.1) is 0 Å². The first-order valence-corrected chi connectivity index (χ1v) is 8.31. The molecule has 2 aromatic rings. The van der Waals surface area contributed by atoms with E-state index < -0.39 is 11.7 Å². The minimum Gasteiger partial charge on any atom is -0.348 e. The second-order valence-corrected chi connectivity index (χ2v) is 6.04. The van der Waals surface area contributed by atoms with Crippen LogP contribution in [-0.4, -0.2) is 17.4 Å². The van der Waals surface area contributed by atoms with Gasteiger partial charge in [-0.05, 0) is 53.5 Å². The Kier molecular flexibility index (Phi) is 5.26. The number of fused-ring (bicyclic) bond motifs is 1. The molecular weight excluding hydrogens is 353 g/mol. The van der Waals surface area contributed by atoms with Crippen LogP contribution in [-0.2, 0) is 11.0 Å². The Hall–Kier alpha value is -3.15. The van der Waals surface area contributed by atoms with Gasteiger partial charge in [0.2, 0.25) is 5.91 Å². The van der Waals surface area contributed by atoms with Crippen molar-refractivity contribution in [3.05, 3.63) is 83.7 Å². The fourth-order valence-corrected chi connectivity index (χ4v) is 2.88. The quantitative estimate of drug-likeness (QED) is 0.791. The number of alkyl halides is 3. The third-order valence-corrected chi connectivity index (χ3v) is 4.24. The summed E-state index contributed by atoms with van der Waals surface area (Å²) in [5, 5.41) is 2.75. The van der Waals surface area contributed by atoms with Crippen molar-refractivity contribution in [3.63, 3.8) is 0 Å². The highest BCUT2D eigenvalue weighted by molar-refractivity contribution is 5.92. The molecule has 1 aromatic carbocycles. The van der Waals surface area contributed by atoms with Crippen LogP contribution in [0.1, 0.15) is 28.8 Å². The number of halogens is 3. The number of allylic oxidation sites excluding steroid dienone is 2. The molecule has 138 valence electrons. The average Bonchev–Trinajstić information content (AvgIpc) is 2.67. The van der Waals surface area contributed by atoms with Crippen molar-refractivity contribution in [2.75, 3.05) is 6.54 Å². The summed E-state index contributed by atoms with van der Waals surface area (Å²) in [6.07, 6.45) is 2.93. The molecule has 1 aliphatic rings. The van der Waals surface area contributed by atoms with E-state index in [0.717, 1.165) is 34.5 Å². The van der Waals surface area contributed by atoms with Gasteiger partial charge in [0.05, 0.1) is 11.3 Å². The van der Waals surface area contributed by atoms with Crippen LogP contribution < -0.4 is 5.32 Å². The van der Waals surface area contributed by atoms with E-state index in [1.807, 2.05) is 24.3 Å². The summed E-state index contributed by atoms with van der Waals surface area (Å²) in [5.41, 5.74) is 3.51. The van der Waals surface area contributed by atoms with E-state index in [9.17, 15) is 18.0 Å². The molecular formula is C21H17F3N2O. The van der Waals surface area contributed by atoms with Crippen molar-refractivity contribution in [1.29, 1.82) is 0 Å². The first-order chi connectivity index (χ1) is 12.9. The number of aromatic nitrogens is 1. The molecule has 0 radical (unpaired) electrons. The fourth-order valence-electron chi connectivity index (χ4n) is 2.88. The highest BCUT2D eigenvalue weighted by Crippen LogP contribution is 2.34. The standard InChI is InChI=1S/C21H17F3N2O/c1-2-19(27)26-13-16-8-7-15(20-18(16)4-3-11-25-20)12-14-5-9-17(10-6-14)21(22,23)24/h2-6,8-12H,1,7,13H2,(H,26,27). The summed E-state index contributed by atoms with van der Waals surface area (Å²) in [6.45, 7) is 3.78. The van der Waals surface area contributed by atoms with Crippen LogP contribution in [0.25, 0.3) is 17.2 Å². The van der Waals surface area contributed by atoms with E-state index in [0.29, 0.717) is 18.5 Å². The largest absolute Gasteiger partial charge is 0.416 e. The van der Waals surface area contributed by atoms with Gasteiger partial charge in [0.25, 0.3) is 0 Å². The smallest absolute Gasteiger partial charge is 0.348 e. The Labute approximate surface area is 154 Å². The zero-order valence-electron chi connectivity index (χ0n) is 14.4. The first-order valence-electron chi connectivity index (χ1n) is 8.31. The van der Waals surface area contributed by atoms with E-state index in [1.54, 1.807) is 6.20 Å². The molecule has 6 heteroatoms. The molecule has 1 N–H and O–H groups in total. The van der Waals surface area contributed by atoms with Crippen LogP contribution in [0.3, 0.4) is 0 Å². The maximum atomic E-state index is 12.7. The highest BCUT2D eigenvalue weighted by atomic mass is 19.4. The maximum Gasteiger partial charge on any atom is 0.416 e. The molecule has 0 saturated carbocycles. The third kappa shape index (κ3) is 4.34. The minimum absolute atomic E-state index is 0.257. The van der Waals surface area contributed by atoms with Gasteiger partial charge in [0, 0.05) is 18.3 Å². The molecule has 27 heavy (non-hydrogen) atoms. The number of nitrogens with one attached hydrogen (secondary N) is 1. The monoisotopic (exact) mass is 370 g/mol. The number of rotatable bonds is 4. The minimum atomic E-state index is -4.35. The molecule has 0 saturated heterocycles. The lowest BCUT2D eigenvalue weighted by Gasteiger charge is -2.19. The van der Waals surface area contributed by atoms with Gasteiger partial charge < -0.3 is 5.32 Å². The summed E-state index contributed by atoms with van der Waals surface area (Å²) in [4.78, 5) is 15.8. The summed E-state index contributed by atoms with van der Waals surface area (Å²) < 4.78 is 38.1. The van der Waals surface area contributed by atoms with Crippen molar-refractivity contribution < 1.29 is 18.0 Å². The van der Waals surface area contributed by atoms with Crippen molar-refractivity contribution in [1.82, 2.24) is 10.3 Å². The van der Waals surface area contributed by atoms with E-state index in [2.05, 4.69) is 16.9 Å². The fraction of sp³-hybridized carbons (Fsp3) is 0.143. The summed E-state index contributed by atoms with van der Waals surface area (Å²) in [6, 6.07) is 8.75. The number of carbonyl (C=O) groups is 1. The zero-order valence-corrected chi connectivity index (χ0v) is 14.4. The summed E-state index contributed by atoms with van der Waals surface area (Å²) >= 11 is 0. The van der Waals surface area contributed by atoms with Gasteiger partial charge in [-0.3, -0.25) is 9.78 Å². The third-order valence-electron chi connectivity index (χ3n) is 4.24. The highest BCUT2D eigenvalue weighted by Gasteiger charge is 2.29. The van der Waals surface area contributed by atoms with Crippen molar-refractivity contribution in [2.45, 2.75) is 12.6 Å². The Balaban J connectivity index is 1.88. The van der Waals surface area contributed by atoms with Crippen molar-refractivity contribution in [3.8, 4) is 0 Å². The lowest BCUT2D eigenvalue weighted by Crippen LogP contribution is -2.23. The Bertz CT molecular complexity index is 925. The second-order valence-electron chi connectivity index (χ2n) is 6.04. The molecule has 1 amide bonds. The Morgan fingerprint density at radius 1 is 1.22 bits per heavy atom. The topological polar surface area (TPSA) is 42.0 Å². The van der Waals surface area contributed by atoms with Crippen LogP contribution in [0.15, 0.2) is 61.3 Å². The molecule has 0 spiro atoms. The molecule has 0 atom stereocenters. The van der Waals surface area contributed by atoms with Gasteiger partial charge in [-0.25, -0.2) is 0 Å². The second kappa shape index (κ2) is 7.61. The molecule has 1 aromatic heterocycles. The number of hydrogen-bond acceptors (Lipinski definition) is 2. The van der Waals surface area contributed by atoms with Crippen LogP contribution in [0.4, 0.5) is 13.2 Å². The predicted molar refractivity (Wildman–Crippen MR) is 99.4 cm³/mol. The molecule has 0 bridgehead atoms. The molecule has 3 rings (SSSR count). The van der Waals surface area contributed by atoms with E-state index >= 15 is 0 Å². The van der Waals surface area contributed by atoms with E-state index in [-0.39, 0.29) is 5.91 Å². The SMILES string of the molecule is C=CC(=O)NCC1=CCC(=Cc2ccc(C(F)(F)F)cc2)c2ncccc21. The number of pyridine rings is 1. The maximum absolute atomic E-state index is 12.7.